The van der Waals surface area contributed by atoms with Crippen molar-refractivity contribution in [2.75, 3.05) is 19.7 Å². The van der Waals surface area contributed by atoms with E-state index in [9.17, 15) is 9.90 Å². The summed E-state index contributed by atoms with van der Waals surface area (Å²) in [7, 11) is 0. The zero-order valence-corrected chi connectivity index (χ0v) is 24.4. The van der Waals surface area contributed by atoms with E-state index in [1.54, 1.807) is 12.1 Å². The number of aromatic carboxylic acids is 1. The number of hydrogen-bond acceptors (Lipinski definition) is 7. The minimum Gasteiger partial charge on any atom is -0.478 e. The third-order valence-corrected chi connectivity index (χ3v) is 8.77. The zero-order chi connectivity index (χ0) is 29.3. The van der Waals surface area contributed by atoms with Gasteiger partial charge in [0.15, 0.2) is 0 Å². The maximum atomic E-state index is 11.6. The van der Waals surface area contributed by atoms with E-state index >= 15 is 0 Å². The molecule has 0 aliphatic carbocycles. The van der Waals surface area contributed by atoms with E-state index in [0.717, 1.165) is 84.5 Å². The van der Waals surface area contributed by atoms with Crippen LogP contribution in [0.25, 0.3) is 21.9 Å². The van der Waals surface area contributed by atoms with Crippen LogP contribution < -0.4 is 4.74 Å². The molecule has 0 saturated carbocycles. The number of carboxylic acids is 1. The van der Waals surface area contributed by atoms with Gasteiger partial charge in [0.05, 0.1) is 47.5 Å². The van der Waals surface area contributed by atoms with Crippen molar-refractivity contribution < 1.29 is 19.4 Å². The Labute approximate surface area is 249 Å². The number of rotatable bonds is 10. The maximum Gasteiger partial charge on any atom is 0.335 e. The van der Waals surface area contributed by atoms with Crippen molar-refractivity contribution >= 4 is 27.9 Å². The summed E-state index contributed by atoms with van der Waals surface area (Å²) in [6, 6.07) is 17.6. The summed E-state index contributed by atoms with van der Waals surface area (Å²) in [5.41, 5.74) is 5.25. The molecule has 2 aromatic carbocycles. The van der Waals surface area contributed by atoms with E-state index in [4.69, 9.17) is 19.4 Å². The fourth-order valence-electron chi connectivity index (χ4n) is 6.20. The molecule has 2 aliphatic heterocycles. The van der Waals surface area contributed by atoms with Gasteiger partial charge in [-0.25, -0.2) is 14.8 Å². The number of piperidine rings is 1. The van der Waals surface area contributed by atoms with Crippen LogP contribution in [0.4, 0.5) is 0 Å². The van der Waals surface area contributed by atoms with Gasteiger partial charge in [0.25, 0.3) is 0 Å². The third kappa shape index (κ3) is 5.72. The van der Waals surface area contributed by atoms with Crippen LogP contribution >= 0.6 is 0 Å². The maximum absolute atomic E-state index is 11.6. The fourth-order valence-corrected chi connectivity index (χ4v) is 6.20. The molecule has 10 heteroatoms. The summed E-state index contributed by atoms with van der Waals surface area (Å²) in [5, 5.41) is 15.1. The van der Waals surface area contributed by atoms with Crippen molar-refractivity contribution in [1.29, 1.82) is 0 Å². The molecule has 1 atom stereocenters. The van der Waals surface area contributed by atoms with Crippen molar-refractivity contribution in [3.63, 3.8) is 0 Å². The molecule has 10 nitrogen and oxygen atoms in total. The molecule has 222 valence electrons. The van der Waals surface area contributed by atoms with Crippen molar-refractivity contribution in [3.05, 3.63) is 83.4 Å². The molecule has 1 N–H and O–H groups in total. The zero-order valence-electron chi connectivity index (χ0n) is 24.4. The minimum absolute atomic E-state index is 0.152. The summed E-state index contributed by atoms with van der Waals surface area (Å²) in [4.78, 5) is 23.9. The molecule has 43 heavy (non-hydrogen) atoms. The average molecular weight is 581 g/mol. The van der Waals surface area contributed by atoms with Crippen LogP contribution in [0, 0.1) is 0 Å². The van der Waals surface area contributed by atoms with Crippen LogP contribution in [-0.2, 0) is 31.0 Å². The van der Waals surface area contributed by atoms with Gasteiger partial charge in [0.1, 0.15) is 12.4 Å². The van der Waals surface area contributed by atoms with Gasteiger partial charge in [-0.05, 0) is 75.2 Å². The van der Waals surface area contributed by atoms with Crippen LogP contribution in [0.3, 0.4) is 0 Å². The van der Waals surface area contributed by atoms with Crippen LogP contribution in [0.2, 0.25) is 0 Å². The highest BCUT2D eigenvalue weighted by Gasteiger charge is 2.26. The molecule has 5 heterocycles. The number of imidazole rings is 1. The third-order valence-electron chi connectivity index (χ3n) is 8.77. The predicted octanol–water partition coefficient (Wildman–Crippen LogP) is 5.25. The van der Waals surface area contributed by atoms with Crippen LogP contribution in [0.5, 0.6) is 5.88 Å². The number of aromatic nitrogens is 5. The molecule has 0 unspecified atom stereocenters. The summed E-state index contributed by atoms with van der Waals surface area (Å²) < 4.78 is 16.0. The summed E-state index contributed by atoms with van der Waals surface area (Å²) in [5.74, 6) is 1.05. The summed E-state index contributed by atoms with van der Waals surface area (Å²) >= 11 is 0. The molecule has 3 aromatic heterocycles. The van der Waals surface area contributed by atoms with Crippen molar-refractivity contribution in [1.82, 2.24) is 29.2 Å². The number of ether oxygens (including phenoxy) is 2. The molecule has 0 amide bonds. The number of aryl methyl sites for hydroxylation is 1. The smallest absolute Gasteiger partial charge is 0.335 e. The Morgan fingerprint density at radius 2 is 1.91 bits per heavy atom. The SMILES string of the molecule is CCn1ncc2ccc(COc3cccc(C4CCN(Cc5nc6ccc(C(=O)O)cc6n5C[C@@H]5CCO5)CC4)n3)cc21. The number of benzene rings is 2. The number of fused-ring (bicyclic) bond motifs is 2. The van der Waals surface area contributed by atoms with E-state index in [-0.39, 0.29) is 11.7 Å². The molecule has 2 fully saturated rings. The van der Waals surface area contributed by atoms with Crippen LogP contribution in [0.15, 0.2) is 60.8 Å². The summed E-state index contributed by atoms with van der Waals surface area (Å²) in [6.07, 6.45) is 5.07. The van der Waals surface area contributed by atoms with Crippen LogP contribution in [0.1, 0.15) is 59.5 Å². The Kier molecular flexibility index (Phi) is 7.54. The second kappa shape index (κ2) is 11.8. The van der Waals surface area contributed by atoms with Gasteiger partial charge in [-0.15, -0.1) is 0 Å². The number of likely N-dealkylation sites (tertiary alicyclic amines) is 1. The normalized spacial score (nSPS) is 17.8. The molecule has 5 aromatic rings. The predicted molar refractivity (Wildman–Crippen MR) is 162 cm³/mol. The molecular formula is C33H36N6O4. The van der Waals surface area contributed by atoms with E-state index < -0.39 is 5.97 Å². The monoisotopic (exact) mass is 580 g/mol. The van der Waals surface area contributed by atoms with Crippen molar-refractivity contribution in [2.45, 2.75) is 64.4 Å². The number of carbonyl (C=O) groups is 1. The van der Waals surface area contributed by atoms with Gasteiger partial charge in [-0.2, -0.15) is 5.10 Å². The highest BCUT2D eigenvalue weighted by atomic mass is 16.5. The Hall–Kier alpha value is -4.28. The lowest BCUT2D eigenvalue weighted by molar-refractivity contribution is -0.0592. The van der Waals surface area contributed by atoms with Crippen molar-refractivity contribution in [3.8, 4) is 5.88 Å². The van der Waals surface area contributed by atoms with E-state index in [1.807, 2.05) is 29.1 Å². The Balaban J connectivity index is 0.999. The molecule has 7 rings (SSSR count). The quantitative estimate of drug-likeness (QED) is 0.239. The number of nitrogens with zero attached hydrogens (tertiary/aromatic N) is 6. The van der Waals surface area contributed by atoms with Gasteiger partial charge in [-0.3, -0.25) is 9.58 Å². The molecule has 2 aliphatic rings. The lowest BCUT2D eigenvalue weighted by atomic mass is 9.93. The van der Waals surface area contributed by atoms with Crippen molar-refractivity contribution in [2.24, 2.45) is 0 Å². The summed E-state index contributed by atoms with van der Waals surface area (Å²) in [6.45, 7) is 7.45. The molecule has 0 spiro atoms. The first-order chi connectivity index (χ1) is 21.0. The largest absolute Gasteiger partial charge is 0.478 e. The molecule has 0 bridgehead atoms. The van der Waals surface area contributed by atoms with Gasteiger partial charge in [0.2, 0.25) is 5.88 Å². The lowest BCUT2D eigenvalue weighted by Crippen LogP contribution is -2.35. The molecule has 2 saturated heterocycles. The Morgan fingerprint density at radius 1 is 1.05 bits per heavy atom. The first-order valence-corrected chi connectivity index (χ1v) is 15.1. The second-order valence-corrected chi connectivity index (χ2v) is 11.5. The van der Waals surface area contributed by atoms with E-state index in [2.05, 4.69) is 45.8 Å². The van der Waals surface area contributed by atoms with Gasteiger partial charge in [-0.1, -0.05) is 18.2 Å². The number of hydrogen-bond donors (Lipinski definition) is 1. The van der Waals surface area contributed by atoms with E-state index in [1.165, 1.54) is 0 Å². The highest BCUT2D eigenvalue weighted by Crippen LogP contribution is 2.30. The first-order valence-electron chi connectivity index (χ1n) is 15.1. The first kappa shape index (κ1) is 27.5. The van der Waals surface area contributed by atoms with Gasteiger partial charge >= 0.3 is 5.97 Å². The average Bonchev–Trinajstić information content (AvgIpc) is 3.58. The Morgan fingerprint density at radius 3 is 2.67 bits per heavy atom. The molecule has 0 radical (unpaired) electrons. The number of carboxylic acid groups (broad SMARTS) is 1. The topological polar surface area (TPSA) is 108 Å². The lowest BCUT2D eigenvalue weighted by Gasteiger charge is -2.32. The highest BCUT2D eigenvalue weighted by molar-refractivity contribution is 5.92. The van der Waals surface area contributed by atoms with E-state index in [0.29, 0.717) is 31.5 Å². The molecular weight excluding hydrogens is 544 g/mol. The second-order valence-electron chi connectivity index (χ2n) is 11.5. The standard InChI is InChI=1S/C33H36N6O4/c1-2-39-29-16-22(6-7-25(29)18-34-39)21-43-32-5-3-4-27(36-32)23-10-13-37(14-11-23)20-31-35-28-9-8-24(33(40)41)17-30(28)38(31)19-26-12-15-42-26/h3-9,16-18,23,26H,2,10-15,19-21H2,1H3,(H,40,41)/t26-/m0/s1. The minimum atomic E-state index is -0.928. The fraction of sp³-hybridized carbons (Fsp3) is 0.394. The van der Waals surface area contributed by atoms with Crippen LogP contribution in [-0.4, -0.2) is 66.1 Å². The number of pyridine rings is 1. The van der Waals surface area contributed by atoms with Gasteiger partial charge in [0, 0.05) is 36.2 Å². The van der Waals surface area contributed by atoms with Gasteiger partial charge < -0.3 is 19.1 Å². The Bertz CT molecular complexity index is 1770.